The predicted molar refractivity (Wildman–Crippen MR) is 85.4 cm³/mol. The summed E-state index contributed by atoms with van der Waals surface area (Å²) in [6.45, 7) is 7.05. The quantitative estimate of drug-likeness (QED) is 0.677. The van der Waals surface area contributed by atoms with Crippen molar-refractivity contribution in [3.63, 3.8) is 0 Å². The lowest BCUT2D eigenvalue weighted by molar-refractivity contribution is -0.122. The maximum atomic E-state index is 10.1. The van der Waals surface area contributed by atoms with Crippen molar-refractivity contribution in [1.29, 1.82) is 0 Å². The third-order valence-electron chi connectivity index (χ3n) is 3.11. The Balaban J connectivity index is 0.000000816. The summed E-state index contributed by atoms with van der Waals surface area (Å²) >= 11 is 0. The van der Waals surface area contributed by atoms with Gasteiger partial charge < -0.3 is 29.7 Å². The van der Waals surface area contributed by atoms with Crippen LogP contribution in [0, 0.1) is 0 Å². The summed E-state index contributed by atoms with van der Waals surface area (Å²) in [4.78, 5) is 8.36. The third-order valence-corrected chi connectivity index (χ3v) is 3.11. The Morgan fingerprint density at radius 1 is 1.30 bits per heavy atom. The average molecular weight is 327 g/mol. The maximum absolute atomic E-state index is 10.1. The summed E-state index contributed by atoms with van der Waals surface area (Å²) in [5, 5.41) is 20.2. The molecule has 0 fully saturated rings. The number of carbonyl (C=O) groups is 1. The summed E-state index contributed by atoms with van der Waals surface area (Å²) in [5.74, 6) is 1.92. The average Bonchev–Trinajstić information content (AvgIpc) is 2.52. The van der Waals surface area contributed by atoms with Crippen LogP contribution in [0.5, 0.6) is 17.2 Å². The molecular formula is C16H25NO6. The van der Waals surface area contributed by atoms with Gasteiger partial charge in [0.05, 0.1) is 0 Å². The first-order valence-corrected chi connectivity index (χ1v) is 7.53. The molecule has 0 radical (unpaired) electrons. The smallest absolute Gasteiger partial charge is 0.290 e. The first-order valence-electron chi connectivity index (χ1n) is 7.53. The Morgan fingerprint density at radius 3 is 2.61 bits per heavy atom. The molecule has 130 valence electrons. The van der Waals surface area contributed by atoms with E-state index < -0.39 is 6.10 Å². The molecule has 1 heterocycles. The normalized spacial score (nSPS) is 15.2. The first kappa shape index (κ1) is 19.1. The number of ether oxygens (including phenoxy) is 3. The van der Waals surface area contributed by atoms with E-state index in [0.29, 0.717) is 36.5 Å². The lowest BCUT2D eigenvalue weighted by Gasteiger charge is -2.24. The lowest BCUT2D eigenvalue weighted by Crippen LogP contribution is -2.43. The van der Waals surface area contributed by atoms with Crippen LogP contribution in [0.3, 0.4) is 0 Å². The molecule has 2 atom stereocenters. The number of hydrogen-bond acceptors (Lipinski definition) is 6. The van der Waals surface area contributed by atoms with Crippen LogP contribution in [0.25, 0.3) is 0 Å². The molecular weight excluding hydrogens is 302 g/mol. The molecule has 0 bridgehead atoms. The van der Waals surface area contributed by atoms with Gasteiger partial charge >= 0.3 is 0 Å². The van der Waals surface area contributed by atoms with Crippen LogP contribution in [-0.2, 0) is 4.79 Å². The van der Waals surface area contributed by atoms with Crippen LogP contribution in [0.1, 0.15) is 20.8 Å². The molecule has 0 aliphatic carbocycles. The van der Waals surface area contributed by atoms with Crippen LogP contribution < -0.4 is 19.5 Å². The largest absolute Gasteiger partial charge is 0.487 e. The Kier molecular flexibility index (Phi) is 8.21. The van der Waals surface area contributed by atoms with E-state index in [2.05, 4.69) is 5.32 Å². The van der Waals surface area contributed by atoms with Crippen molar-refractivity contribution in [3.05, 3.63) is 18.2 Å². The van der Waals surface area contributed by atoms with Crippen molar-refractivity contribution in [1.82, 2.24) is 5.32 Å². The highest BCUT2D eigenvalue weighted by atomic mass is 16.6. The van der Waals surface area contributed by atoms with Crippen LogP contribution >= 0.6 is 0 Å². The van der Waals surface area contributed by atoms with Crippen LogP contribution in [0.4, 0.5) is 0 Å². The second kappa shape index (κ2) is 9.91. The van der Waals surface area contributed by atoms with Gasteiger partial charge in [0.25, 0.3) is 6.47 Å². The summed E-state index contributed by atoms with van der Waals surface area (Å²) in [6, 6.07) is 5.81. The summed E-state index contributed by atoms with van der Waals surface area (Å²) in [5.41, 5.74) is 0. The van der Waals surface area contributed by atoms with Gasteiger partial charge in [0, 0.05) is 12.1 Å². The maximum Gasteiger partial charge on any atom is 0.290 e. The third kappa shape index (κ3) is 6.33. The van der Waals surface area contributed by atoms with E-state index in [4.69, 9.17) is 24.1 Å². The van der Waals surface area contributed by atoms with E-state index in [1.807, 2.05) is 39.0 Å². The zero-order valence-electron chi connectivity index (χ0n) is 13.7. The highest BCUT2D eigenvalue weighted by Crippen LogP contribution is 2.38. The molecule has 0 saturated carbocycles. The van der Waals surface area contributed by atoms with Crippen molar-refractivity contribution < 1.29 is 29.2 Å². The zero-order valence-corrected chi connectivity index (χ0v) is 13.7. The van der Waals surface area contributed by atoms with Gasteiger partial charge in [-0.15, -0.1) is 0 Å². The molecule has 23 heavy (non-hydrogen) atoms. The molecule has 3 N–H and O–H groups in total. The van der Waals surface area contributed by atoms with E-state index in [1.165, 1.54) is 0 Å². The number of hydrogen-bond donors (Lipinski definition) is 3. The Bertz CT molecular complexity index is 480. The van der Waals surface area contributed by atoms with E-state index in [9.17, 15) is 5.11 Å². The first-order chi connectivity index (χ1) is 11.0. The topological polar surface area (TPSA) is 97.3 Å². The van der Waals surface area contributed by atoms with Crippen LogP contribution in [-0.4, -0.2) is 54.7 Å². The Morgan fingerprint density at radius 2 is 1.96 bits per heavy atom. The van der Waals surface area contributed by atoms with Crippen LogP contribution in [0.15, 0.2) is 18.2 Å². The monoisotopic (exact) mass is 327 g/mol. The van der Waals surface area contributed by atoms with Gasteiger partial charge in [-0.05, 0) is 19.1 Å². The number of carboxylic acid groups (broad SMARTS) is 1. The molecule has 2 rings (SSSR count). The molecule has 7 nitrogen and oxygen atoms in total. The van der Waals surface area contributed by atoms with Crippen molar-refractivity contribution in [2.45, 2.75) is 39.0 Å². The molecule has 1 aromatic carbocycles. The standard InChI is InChI=1S/C15H23NO4.CH2O2/c1-10(2)16-11(3)12(17)9-20-14-6-4-5-13-15(14)19-8-7-18-13;2-1-3/h4-6,10-12,16-17H,7-9H2,1-3H3;1H,(H,2,3). The summed E-state index contributed by atoms with van der Waals surface area (Å²) in [7, 11) is 0. The van der Waals surface area contributed by atoms with Crippen LogP contribution in [0.2, 0.25) is 0 Å². The van der Waals surface area contributed by atoms with E-state index in [0.717, 1.165) is 0 Å². The molecule has 1 aromatic rings. The summed E-state index contributed by atoms with van der Waals surface area (Å²) < 4.78 is 16.7. The number of nitrogens with one attached hydrogen (secondary N) is 1. The van der Waals surface area contributed by atoms with Gasteiger partial charge in [-0.1, -0.05) is 19.9 Å². The highest BCUT2D eigenvalue weighted by molar-refractivity contribution is 5.51. The van der Waals surface area contributed by atoms with Crippen molar-refractivity contribution in [3.8, 4) is 17.2 Å². The van der Waals surface area contributed by atoms with Crippen molar-refractivity contribution in [2.75, 3.05) is 19.8 Å². The zero-order chi connectivity index (χ0) is 17.2. The second-order valence-corrected chi connectivity index (χ2v) is 5.37. The van der Waals surface area contributed by atoms with Gasteiger partial charge in [0.1, 0.15) is 25.9 Å². The van der Waals surface area contributed by atoms with Crippen molar-refractivity contribution >= 4 is 6.47 Å². The Labute approximate surface area is 136 Å². The second-order valence-electron chi connectivity index (χ2n) is 5.37. The Hall–Kier alpha value is -1.99. The van der Waals surface area contributed by atoms with Gasteiger partial charge in [-0.2, -0.15) is 0 Å². The SMILES string of the molecule is CC(C)NC(C)C(O)COc1cccc2c1OCCO2.O=CO. The van der Waals surface area contributed by atoms with Crippen molar-refractivity contribution in [2.24, 2.45) is 0 Å². The molecule has 0 spiro atoms. The molecule has 1 aliphatic heterocycles. The number of aliphatic hydroxyl groups excluding tert-OH is 1. The number of fused-ring (bicyclic) bond motifs is 1. The lowest BCUT2D eigenvalue weighted by atomic mass is 10.2. The van der Waals surface area contributed by atoms with Gasteiger partial charge in [0.15, 0.2) is 11.5 Å². The number of para-hydroxylation sites is 1. The number of rotatable bonds is 6. The fourth-order valence-corrected chi connectivity index (χ4v) is 2.12. The van der Waals surface area contributed by atoms with E-state index in [1.54, 1.807) is 0 Å². The summed E-state index contributed by atoms with van der Waals surface area (Å²) in [6.07, 6.45) is -0.585. The van der Waals surface area contributed by atoms with E-state index in [-0.39, 0.29) is 19.1 Å². The fourth-order valence-electron chi connectivity index (χ4n) is 2.12. The fraction of sp³-hybridized carbons (Fsp3) is 0.562. The molecule has 7 heteroatoms. The van der Waals surface area contributed by atoms with Gasteiger partial charge in [-0.3, -0.25) is 4.79 Å². The molecule has 0 amide bonds. The minimum Gasteiger partial charge on any atom is -0.487 e. The van der Waals surface area contributed by atoms with Gasteiger partial charge in [0.2, 0.25) is 5.75 Å². The van der Waals surface area contributed by atoms with E-state index >= 15 is 0 Å². The minimum absolute atomic E-state index is 0.0355. The molecule has 0 saturated heterocycles. The number of aliphatic hydroxyl groups is 1. The van der Waals surface area contributed by atoms with Gasteiger partial charge in [-0.25, -0.2) is 0 Å². The molecule has 0 aromatic heterocycles. The molecule has 1 aliphatic rings. The minimum atomic E-state index is -0.585. The highest BCUT2D eigenvalue weighted by Gasteiger charge is 2.19. The predicted octanol–water partition coefficient (Wildman–Crippen LogP) is 1.28. The number of benzene rings is 1. The molecule has 2 unspecified atom stereocenters.